The maximum Gasteiger partial charge on any atom is 0.275 e. The molecule has 0 saturated carbocycles. The quantitative estimate of drug-likeness (QED) is 0.448. The molecule has 148 valence electrons. The molecule has 3 aromatic rings. The molecule has 1 heterocycles. The normalized spacial score (nSPS) is 10.4. The van der Waals surface area contributed by atoms with Crippen molar-refractivity contribution < 1.29 is 14.5 Å². The van der Waals surface area contributed by atoms with Crippen molar-refractivity contribution in [2.24, 2.45) is 0 Å². The Balaban J connectivity index is 1.59. The Hall–Kier alpha value is -3.59. The van der Waals surface area contributed by atoms with Crippen molar-refractivity contribution in [2.75, 3.05) is 10.6 Å². The maximum absolute atomic E-state index is 12.4. The molecule has 0 fully saturated rings. The number of nitro groups is 1. The van der Waals surface area contributed by atoms with Gasteiger partial charge in [0.15, 0.2) is 5.13 Å². The number of nitro benzene ring substituents is 1. The van der Waals surface area contributed by atoms with Crippen LogP contribution < -0.4 is 10.6 Å². The van der Waals surface area contributed by atoms with Crippen molar-refractivity contribution in [2.45, 2.75) is 19.8 Å². The zero-order valence-electron chi connectivity index (χ0n) is 15.5. The van der Waals surface area contributed by atoms with Crippen molar-refractivity contribution in [1.29, 1.82) is 0 Å². The summed E-state index contributed by atoms with van der Waals surface area (Å²) in [5.41, 5.74) is 1.81. The number of amides is 2. The molecule has 0 radical (unpaired) electrons. The minimum absolute atomic E-state index is 0.0764. The van der Waals surface area contributed by atoms with E-state index in [2.05, 4.69) is 15.6 Å². The van der Waals surface area contributed by atoms with Crippen LogP contribution in [0.15, 0.2) is 53.9 Å². The monoisotopic (exact) mass is 410 g/mol. The number of anilines is 2. The molecule has 0 unspecified atom stereocenters. The minimum atomic E-state index is -0.505. The molecule has 0 bridgehead atoms. The predicted octanol–water partition coefficient (Wildman–Crippen LogP) is 4.18. The van der Waals surface area contributed by atoms with Crippen LogP contribution in [0.1, 0.15) is 28.0 Å². The van der Waals surface area contributed by atoms with E-state index in [1.54, 1.807) is 13.0 Å². The number of nitrogens with zero attached hydrogens (tertiary/aromatic N) is 2. The van der Waals surface area contributed by atoms with Crippen molar-refractivity contribution in [1.82, 2.24) is 4.98 Å². The number of hydrogen-bond acceptors (Lipinski definition) is 6. The van der Waals surface area contributed by atoms with Gasteiger partial charge in [-0.05, 0) is 25.0 Å². The van der Waals surface area contributed by atoms with Crippen molar-refractivity contribution >= 4 is 39.7 Å². The van der Waals surface area contributed by atoms with E-state index in [-0.39, 0.29) is 17.3 Å². The molecular formula is C20H18N4O4S. The lowest BCUT2D eigenvalue weighted by Gasteiger charge is -2.07. The van der Waals surface area contributed by atoms with Gasteiger partial charge in [0, 0.05) is 17.9 Å². The Morgan fingerprint density at radius 1 is 1.10 bits per heavy atom. The van der Waals surface area contributed by atoms with Gasteiger partial charge in [0.1, 0.15) is 5.69 Å². The molecule has 8 nitrogen and oxygen atoms in total. The molecule has 0 spiro atoms. The molecule has 9 heteroatoms. The van der Waals surface area contributed by atoms with E-state index in [0.29, 0.717) is 29.2 Å². The Morgan fingerprint density at radius 3 is 2.59 bits per heavy atom. The van der Waals surface area contributed by atoms with E-state index >= 15 is 0 Å². The second-order valence-corrected chi connectivity index (χ2v) is 7.09. The zero-order valence-corrected chi connectivity index (χ0v) is 16.4. The van der Waals surface area contributed by atoms with E-state index in [9.17, 15) is 19.7 Å². The zero-order chi connectivity index (χ0) is 20.8. The van der Waals surface area contributed by atoms with Gasteiger partial charge >= 0.3 is 0 Å². The molecule has 0 aliphatic rings. The number of carbonyl (C=O) groups excluding carboxylic acids is 2. The number of thiazole rings is 1. The highest BCUT2D eigenvalue weighted by molar-refractivity contribution is 7.14. The maximum atomic E-state index is 12.4. The molecule has 1 aromatic heterocycles. The van der Waals surface area contributed by atoms with Crippen LogP contribution in [0.4, 0.5) is 16.5 Å². The fraction of sp³-hybridized carbons (Fsp3) is 0.150. The molecule has 0 aliphatic heterocycles. The summed E-state index contributed by atoms with van der Waals surface area (Å²) in [6, 6.07) is 14.1. The van der Waals surface area contributed by atoms with Gasteiger partial charge in [0.05, 0.1) is 16.2 Å². The lowest BCUT2D eigenvalue weighted by molar-refractivity contribution is -0.385. The minimum Gasteiger partial charge on any atom is -0.320 e. The number of nitrogens with one attached hydrogen (secondary N) is 2. The highest BCUT2D eigenvalue weighted by atomic mass is 32.1. The van der Waals surface area contributed by atoms with Gasteiger partial charge in [-0.2, -0.15) is 0 Å². The van der Waals surface area contributed by atoms with Crippen LogP contribution in [0, 0.1) is 17.0 Å². The lowest BCUT2D eigenvalue weighted by Crippen LogP contribution is -2.15. The molecule has 2 amide bonds. The molecule has 2 aromatic carbocycles. The SMILES string of the molecule is Cc1c(NC(=O)c2csc(NC(=O)CCc3ccccc3)n2)cccc1[N+](=O)[O-]. The molecule has 0 saturated heterocycles. The van der Waals surface area contributed by atoms with Crippen LogP contribution in [-0.2, 0) is 11.2 Å². The van der Waals surface area contributed by atoms with Crippen LogP contribution >= 0.6 is 11.3 Å². The van der Waals surface area contributed by atoms with E-state index in [1.165, 1.54) is 17.5 Å². The predicted molar refractivity (Wildman–Crippen MR) is 111 cm³/mol. The number of carbonyl (C=O) groups is 2. The van der Waals surface area contributed by atoms with Crippen molar-refractivity contribution in [3.05, 3.63) is 80.8 Å². The summed E-state index contributed by atoms with van der Waals surface area (Å²) in [7, 11) is 0. The molecule has 3 rings (SSSR count). The van der Waals surface area contributed by atoms with Crippen molar-refractivity contribution in [3.8, 4) is 0 Å². The first-order valence-corrected chi connectivity index (χ1v) is 9.66. The summed E-state index contributed by atoms with van der Waals surface area (Å²) in [5, 5.41) is 18.2. The van der Waals surface area contributed by atoms with Gasteiger partial charge in [0.25, 0.3) is 11.6 Å². The summed E-state index contributed by atoms with van der Waals surface area (Å²) in [5.74, 6) is -0.695. The Labute approximate surface area is 170 Å². The van der Waals surface area contributed by atoms with Crippen molar-refractivity contribution in [3.63, 3.8) is 0 Å². The molecular weight excluding hydrogens is 392 g/mol. The van der Waals surface area contributed by atoms with Gasteiger partial charge in [-0.3, -0.25) is 19.7 Å². The molecule has 0 atom stereocenters. The Kier molecular flexibility index (Phi) is 6.30. The third-order valence-corrected chi connectivity index (χ3v) is 4.97. The highest BCUT2D eigenvalue weighted by Gasteiger charge is 2.17. The second-order valence-electron chi connectivity index (χ2n) is 6.23. The van der Waals surface area contributed by atoms with Crippen LogP contribution in [0.5, 0.6) is 0 Å². The summed E-state index contributed by atoms with van der Waals surface area (Å²) in [6.45, 7) is 1.56. The summed E-state index contributed by atoms with van der Waals surface area (Å²) in [4.78, 5) is 39.1. The fourth-order valence-electron chi connectivity index (χ4n) is 2.66. The second kappa shape index (κ2) is 9.07. The van der Waals surface area contributed by atoms with Gasteiger partial charge in [-0.15, -0.1) is 11.3 Å². The first-order chi connectivity index (χ1) is 13.9. The van der Waals surface area contributed by atoms with Gasteiger partial charge < -0.3 is 10.6 Å². The topological polar surface area (TPSA) is 114 Å². The van der Waals surface area contributed by atoms with Crippen LogP contribution in [0.25, 0.3) is 0 Å². The standard InChI is InChI=1S/C20H18N4O4S/c1-13-15(8-5-9-17(13)24(27)28)21-19(26)16-12-29-20(22-16)23-18(25)11-10-14-6-3-2-4-7-14/h2-9,12H,10-11H2,1H3,(H,21,26)(H,22,23,25). The van der Waals surface area contributed by atoms with E-state index in [1.807, 2.05) is 30.3 Å². The Bertz CT molecular complexity index is 1050. The smallest absolute Gasteiger partial charge is 0.275 e. The van der Waals surface area contributed by atoms with Gasteiger partial charge in [-0.1, -0.05) is 36.4 Å². The van der Waals surface area contributed by atoms with E-state index in [0.717, 1.165) is 16.9 Å². The van der Waals surface area contributed by atoms with E-state index < -0.39 is 10.8 Å². The Morgan fingerprint density at radius 2 is 1.86 bits per heavy atom. The summed E-state index contributed by atoms with van der Waals surface area (Å²) in [6.07, 6.45) is 0.912. The van der Waals surface area contributed by atoms with Gasteiger partial charge in [-0.25, -0.2) is 4.98 Å². The number of aromatic nitrogens is 1. The molecule has 2 N–H and O–H groups in total. The first-order valence-electron chi connectivity index (χ1n) is 8.78. The molecule has 29 heavy (non-hydrogen) atoms. The summed E-state index contributed by atoms with van der Waals surface area (Å²) >= 11 is 1.14. The van der Waals surface area contributed by atoms with Gasteiger partial charge in [0.2, 0.25) is 5.91 Å². The third kappa shape index (κ3) is 5.23. The average molecular weight is 410 g/mol. The lowest BCUT2D eigenvalue weighted by atomic mass is 10.1. The fourth-order valence-corrected chi connectivity index (χ4v) is 3.37. The van der Waals surface area contributed by atoms with Crippen LogP contribution in [0.2, 0.25) is 0 Å². The summed E-state index contributed by atoms with van der Waals surface area (Å²) < 4.78 is 0. The highest BCUT2D eigenvalue weighted by Crippen LogP contribution is 2.26. The third-order valence-electron chi connectivity index (χ3n) is 4.22. The van der Waals surface area contributed by atoms with Crippen LogP contribution in [-0.4, -0.2) is 21.7 Å². The number of benzene rings is 2. The molecule has 0 aliphatic carbocycles. The number of hydrogen-bond donors (Lipinski definition) is 2. The van der Waals surface area contributed by atoms with E-state index in [4.69, 9.17) is 0 Å². The largest absolute Gasteiger partial charge is 0.320 e. The average Bonchev–Trinajstić information content (AvgIpc) is 3.17. The first kappa shape index (κ1) is 20.2. The number of rotatable bonds is 7. The van der Waals surface area contributed by atoms with Crippen LogP contribution in [0.3, 0.4) is 0 Å². The number of aryl methyl sites for hydroxylation is 1.